The van der Waals surface area contributed by atoms with Crippen LogP contribution >= 0.6 is 0 Å². The van der Waals surface area contributed by atoms with Gasteiger partial charge in [0.15, 0.2) is 0 Å². The molecule has 2 atom stereocenters. The molecule has 1 aromatic carbocycles. The van der Waals surface area contributed by atoms with Crippen LogP contribution in [-0.2, 0) is 4.74 Å². The largest absolute Gasteiger partial charge is 0.380 e. The van der Waals surface area contributed by atoms with E-state index < -0.39 is 0 Å². The summed E-state index contributed by atoms with van der Waals surface area (Å²) >= 11 is 0. The molecule has 0 radical (unpaired) electrons. The Hall–Kier alpha value is -0.900. The van der Waals surface area contributed by atoms with Gasteiger partial charge in [-0.3, -0.25) is 4.90 Å². The average molecular weight is 262 g/mol. The number of hydrogen-bond acceptors (Lipinski definition) is 3. The third-order valence-corrected chi connectivity index (χ3v) is 3.77. The molecular formula is C16H26N2O. The maximum atomic E-state index is 5.61. The second-order valence-electron chi connectivity index (χ2n) is 5.33. The Balaban J connectivity index is 1.85. The molecule has 1 fully saturated rings. The van der Waals surface area contributed by atoms with E-state index in [0.717, 1.165) is 39.3 Å². The van der Waals surface area contributed by atoms with Crippen molar-refractivity contribution in [3.8, 4) is 0 Å². The molecule has 106 valence electrons. The average Bonchev–Trinajstić information content (AvgIpc) is 2.46. The highest BCUT2D eigenvalue weighted by molar-refractivity contribution is 5.20. The second-order valence-corrected chi connectivity index (χ2v) is 5.33. The van der Waals surface area contributed by atoms with Crippen LogP contribution in [0.5, 0.6) is 0 Å². The van der Waals surface area contributed by atoms with Gasteiger partial charge in [0, 0.05) is 38.3 Å². The van der Waals surface area contributed by atoms with E-state index in [2.05, 4.69) is 54.4 Å². The van der Waals surface area contributed by atoms with Crippen LogP contribution in [0.3, 0.4) is 0 Å². The van der Waals surface area contributed by atoms with Gasteiger partial charge in [-0.15, -0.1) is 0 Å². The third kappa shape index (κ3) is 4.30. The first-order chi connectivity index (χ1) is 9.31. The lowest BCUT2D eigenvalue weighted by Crippen LogP contribution is -2.52. The van der Waals surface area contributed by atoms with Gasteiger partial charge in [-0.2, -0.15) is 0 Å². The van der Waals surface area contributed by atoms with E-state index in [1.165, 1.54) is 5.56 Å². The molecule has 19 heavy (non-hydrogen) atoms. The minimum atomic E-state index is 0.448. The molecule has 0 aromatic heterocycles. The minimum Gasteiger partial charge on any atom is -0.380 e. The molecule has 2 unspecified atom stereocenters. The molecule has 2 rings (SSSR count). The van der Waals surface area contributed by atoms with E-state index in [1.54, 1.807) is 0 Å². The highest BCUT2D eigenvalue weighted by Gasteiger charge is 2.25. The van der Waals surface area contributed by atoms with Gasteiger partial charge in [-0.1, -0.05) is 37.3 Å². The standard InChI is InChI=1S/C16H26N2O/c1-3-10-19-11-9-18-13-16(17-12-14(18)2)15-7-5-4-6-8-15/h4-8,14,16-17H,3,9-13H2,1-2H3. The van der Waals surface area contributed by atoms with E-state index in [9.17, 15) is 0 Å². The highest BCUT2D eigenvalue weighted by atomic mass is 16.5. The number of rotatable bonds is 6. The molecule has 0 amide bonds. The number of nitrogens with zero attached hydrogens (tertiary/aromatic N) is 1. The Morgan fingerprint density at radius 2 is 2.05 bits per heavy atom. The fourth-order valence-electron chi connectivity index (χ4n) is 2.57. The lowest BCUT2D eigenvalue weighted by Gasteiger charge is -2.39. The lowest BCUT2D eigenvalue weighted by molar-refractivity contribution is 0.0704. The Labute approximate surface area is 116 Å². The zero-order valence-electron chi connectivity index (χ0n) is 12.1. The van der Waals surface area contributed by atoms with Crippen molar-refractivity contribution in [3.63, 3.8) is 0 Å². The van der Waals surface area contributed by atoms with Gasteiger partial charge < -0.3 is 10.1 Å². The second kappa shape index (κ2) is 7.63. The van der Waals surface area contributed by atoms with Gasteiger partial charge in [-0.05, 0) is 18.9 Å². The first kappa shape index (κ1) is 14.5. The van der Waals surface area contributed by atoms with Crippen LogP contribution in [-0.4, -0.2) is 43.8 Å². The van der Waals surface area contributed by atoms with E-state index in [-0.39, 0.29) is 0 Å². The number of nitrogens with one attached hydrogen (secondary N) is 1. The van der Waals surface area contributed by atoms with E-state index in [0.29, 0.717) is 12.1 Å². The van der Waals surface area contributed by atoms with Crippen molar-refractivity contribution in [1.29, 1.82) is 0 Å². The number of piperazine rings is 1. The van der Waals surface area contributed by atoms with E-state index in [1.807, 2.05) is 0 Å². The van der Waals surface area contributed by atoms with Crippen LogP contribution in [0.25, 0.3) is 0 Å². The number of benzene rings is 1. The van der Waals surface area contributed by atoms with Crippen LogP contribution < -0.4 is 5.32 Å². The van der Waals surface area contributed by atoms with E-state index >= 15 is 0 Å². The van der Waals surface area contributed by atoms with Crippen LogP contribution in [0.4, 0.5) is 0 Å². The highest BCUT2D eigenvalue weighted by Crippen LogP contribution is 2.19. The first-order valence-corrected chi connectivity index (χ1v) is 7.41. The zero-order valence-corrected chi connectivity index (χ0v) is 12.1. The molecule has 3 nitrogen and oxygen atoms in total. The molecule has 0 saturated carbocycles. The van der Waals surface area contributed by atoms with Crippen molar-refractivity contribution in [1.82, 2.24) is 10.2 Å². The molecule has 3 heteroatoms. The minimum absolute atomic E-state index is 0.448. The topological polar surface area (TPSA) is 24.5 Å². The lowest BCUT2D eigenvalue weighted by atomic mass is 10.0. The van der Waals surface area contributed by atoms with Crippen molar-refractivity contribution in [2.75, 3.05) is 32.8 Å². The summed E-state index contributed by atoms with van der Waals surface area (Å²) in [6.07, 6.45) is 1.10. The summed E-state index contributed by atoms with van der Waals surface area (Å²) in [5.74, 6) is 0. The molecule has 1 aromatic rings. The zero-order chi connectivity index (χ0) is 13.5. The quantitative estimate of drug-likeness (QED) is 0.797. The SMILES string of the molecule is CCCOCCN1CC(c2ccccc2)NCC1C. The van der Waals surface area contributed by atoms with Crippen LogP contribution in [0.15, 0.2) is 30.3 Å². The van der Waals surface area contributed by atoms with Gasteiger partial charge in [0.2, 0.25) is 0 Å². The molecule has 1 aliphatic heterocycles. The molecule has 1 aliphatic rings. The number of ether oxygens (including phenoxy) is 1. The summed E-state index contributed by atoms with van der Waals surface area (Å²) in [5, 5.41) is 3.63. The van der Waals surface area contributed by atoms with Gasteiger partial charge >= 0.3 is 0 Å². The van der Waals surface area contributed by atoms with Crippen molar-refractivity contribution in [2.24, 2.45) is 0 Å². The van der Waals surface area contributed by atoms with Crippen molar-refractivity contribution in [2.45, 2.75) is 32.4 Å². The molecule has 1 N–H and O–H groups in total. The predicted octanol–water partition coefficient (Wildman–Crippen LogP) is 2.45. The van der Waals surface area contributed by atoms with Gasteiger partial charge in [0.05, 0.1) is 6.61 Å². The van der Waals surface area contributed by atoms with Crippen molar-refractivity contribution >= 4 is 0 Å². The smallest absolute Gasteiger partial charge is 0.0593 e. The molecule has 0 bridgehead atoms. The monoisotopic (exact) mass is 262 g/mol. The van der Waals surface area contributed by atoms with Crippen molar-refractivity contribution in [3.05, 3.63) is 35.9 Å². The maximum absolute atomic E-state index is 5.61. The van der Waals surface area contributed by atoms with Gasteiger partial charge in [0.25, 0.3) is 0 Å². The third-order valence-electron chi connectivity index (χ3n) is 3.77. The van der Waals surface area contributed by atoms with E-state index in [4.69, 9.17) is 4.74 Å². The normalized spacial score (nSPS) is 24.5. The fourth-order valence-corrected chi connectivity index (χ4v) is 2.57. The molecule has 1 saturated heterocycles. The van der Waals surface area contributed by atoms with Crippen LogP contribution in [0, 0.1) is 0 Å². The molecule has 0 aliphatic carbocycles. The predicted molar refractivity (Wildman–Crippen MR) is 79.3 cm³/mol. The van der Waals surface area contributed by atoms with Gasteiger partial charge in [-0.25, -0.2) is 0 Å². The summed E-state index contributed by atoms with van der Waals surface area (Å²) in [4.78, 5) is 2.53. The fraction of sp³-hybridized carbons (Fsp3) is 0.625. The van der Waals surface area contributed by atoms with Crippen molar-refractivity contribution < 1.29 is 4.74 Å². The Morgan fingerprint density at radius 3 is 2.79 bits per heavy atom. The summed E-state index contributed by atoms with van der Waals surface area (Å²) in [6, 6.07) is 11.8. The molecule has 1 heterocycles. The molecule has 0 spiro atoms. The van der Waals surface area contributed by atoms with Gasteiger partial charge in [0.1, 0.15) is 0 Å². The Morgan fingerprint density at radius 1 is 1.26 bits per heavy atom. The molecular weight excluding hydrogens is 236 g/mol. The van der Waals surface area contributed by atoms with Crippen LogP contribution in [0.2, 0.25) is 0 Å². The summed E-state index contributed by atoms with van der Waals surface area (Å²) in [7, 11) is 0. The summed E-state index contributed by atoms with van der Waals surface area (Å²) in [6.45, 7) is 9.31. The first-order valence-electron chi connectivity index (χ1n) is 7.41. The Bertz CT molecular complexity index is 355. The summed E-state index contributed by atoms with van der Waals surface area (Å²) in [5.41, 5.74) is 1.38. The Kier molecular flexibility index (Phi) is 5.83. The number of hydrogen-bond donors (Lipinski definition) is 1. The van der Waals surface area contributed by atoms with Crippen LogP contribution in [0.1, 0.15) is 31.9 Å². The summed E-state index contributed by atoms with van der Waals surface area (Å²) < 4.78 is 5.61. The maximum Gasteiger partial charge on any atom is 0.0593 e.